The second-order valence-corrected chi connectivity index (χ2v) is 4.47. The standard InChI is InChI=1S/C13H16O3/c1-9-7-11-12(8-14-9)16-13(15-11)10-5-3-2-4-6-10/h2-6,9,11-13H,7-8H2,1H3/t9-,11-,12+,13?/m0/s1. The fraction of sp³-hybridized carbons (Fsp3) is 0.538. The lowest BCUT2D eigenvalue weighted by Crippen LogP contribution is -2.37. The zero-order valence-corrected chi connectivity index (χ0v) is 9.34. The first-order valence-corrected chi connectivity index (χ1v) is 5.80. The molecule has 2 aliphatic heterocycles. The van der Waals surface area contributed by atoms with Gasteiger partial charge < -0.3 is 14.2 Å². The topological polar surface area (TPSA) is 27.7 Å². The van der Waals surface area contributed by atoms with Gasteiger partial charge in [0, 0.05) is 12.0 Å². The molecule has 16 heavy (non-hydrogen) atoms. The van der Waals surface area contributed by atoms with Crippen LogP contribution in [-0.4, -0.2) is 24.9 Å². The van der Waals surface area contributed by atoms with E-state index in [2.05, 4.69) is 6.92 Å². The molecule has 0 aromatic heterocycles. The molecule has 0 saturated carbocycles. The summed E-state index contributed by atoms with van der Waals surface area (Å²) in [7, 11) is 0. The Balaban J connectivity index is 1.73. The van der Waals surface area contributed by atoms with Crippen molar-refractivity contribution in [2.24, 2.45) is 0 Å². The van der Waals surface area contributed by atoms with Gasteiger partial charge in [-0.25, -0.2) is 0 Å². The molecule has 2 fully saturated rings. The summed E-state index contributed by atoms with van der Waals surface area (Å²) in [5.41, 5.74) is 1.09. The van der Waals surface area contributed by atoms with E-state index in [1.54, 1.807) is 0 Å². The molecule has 86 valence electrons. The van der Waals surface area contributed by atoms with E-state index in [0.29, 0.717) is 6.61 Å². The first-order chi connectivity index (χ1) is 7.83. The summed E-state index contributed by atoms with van der Waals surface area (Å²) in [4.78, 5) is 0. The van der Waals surface area contributed by atoms with E-state index in [-0.39, 0.29) is 24.6 Å². The highest BCUT2D eigenvalue weighted by molar-refractivity contribution is 5.16. The average molecular weight is 220 g/mol. The molecule has 2 heterocycles. The predicted octanol–water partition coefficient (Wildman–Crippen LogP) is 2.28. The highest BCUT2D eigenvalue weighted by atomic mass is 16.7. The van der Waals surface area contributed by atoms with Gasteiger partial charge in [0.25, 0.3) is 0 Å². The van der Waals surface area contributed by atoms with Gasteiger partial charge in [0.2, 0.25) is 0 Å². The largest absolute Gasteiger partial charge is 0.376 e. The summed E-state index contributed by atoms with van der Waals surface area (Å²) >= 11 is 0. The SMILES string of the molecule is C[C@H]1C[C@@H]2OC(c3ccccc3)O[C@@H]2CO1. The van der Waals surface area contributed by atoms with E-state index in [4.69, 9.17) is 14.2 Å². The summed E-state index contributed by atoms with van der Waals surface area (Å²) < 4.78 is 17.3. The monoisotopic (exact) mass is 220 g/mol. The normalized spacial score (nSPS) is 38.3. The van der Waals surface area contributed by atoms with Gasteiger partial charge in [-0.3, -0.25) is 0 Å². The Morgan fingerprint density at radius 1 is 1.06 bits per heavy atom. The quantitative estimate of drug-likeness (QED) is 0.726. The first-order valence-electron chi connectivity index (χ1n) is 5.80. The summed E-state index contributed by atoms with van der Waals surface area (Å²) in [6.45, 7) is 2.73. The van der Waals surface area contributed by atoms with Crippen LogP contribution in [0, 0.1) is 0 Å². The van der Waals surface area contributed by atoms with Crippen molar-refractivity contribution < 1.29 is 14.2 Å². The molecule has 0 bridgehead atoms. The Labute approximate surface area is 95.3 Å². The lowest BCUT2D eigenvalue weighted by molar-refractivity contribution is -0.0754. The molecule has 3 rings (SSSR count). The van der Waals surface area contributed by atoms with E-state index in [0.717, 1.165) is 12.0 Å². The third-order valence-corrected chi connectivity index (χ3v) is 3.19. The second kappa shape index (κ2) is 4.17. The molecule has 0 radical (unpaired) electrons. The van der Waals surface area contributed by atoms with Gasteiger partial charge in [0.05, 0.1) is 18.8 Å². The molecular formula is C13H16O3. The molecule has 2 saturated heterocycles. The summed E-state index contributed by atoms with van der Waals surface area (Å²) in [6, 6.07) is 10.1. The fourth-order valence-corrected chi connectivity index (χ4v) is 2.30. The van der Waals surface area contributed by atoms with Crippen molar-refractivity contribution in [3.8, 4) is 0 Å². The molecule has 2 aliphatic rings. The lowest BCUT2D eigenvalue weighted by Gasteiger charge is -2.27. The van der Waals surface area contributed by atoms with E-state index >= 15 is 0 Å². The van der Waals surface area contributed by atoms with Gasteiger partial charge in [-0.1, -0.05) is 30.3 Å². The molecule has 3 heteroatoms. The van der Waals surface area contributed by atoms with Crippen molar-refractivity contribution in [1.82, 2.24) is 0 Å². The maximum absolute atomic E-state index is 5.92. The van der Waals surface area contributed by atoms with Crippen molar-refractivity contribution in [1.29, 1.82) is 0 Å². The summed E-state index contributed by atoms with van der Waals surface area (Å²) in [6.07, 6.45) is 1.27. The molecule has 1 aromatic rings. The number of benzene rings is 1. The van der Waals surface area contributed by atoms with Crippen molar-refractivity contribution in [2.75, 3.05) is 6.61 Å². The third-order valence-electron chi connectivity index (χ3n) is 3.19. The summed E-state index contributed by atoms with van der Waals surface area (Å²) in [5.74, 6) is 0. The number of hydrogen-bond acceptors (Lipinski definition) is 3. The minimum atomic E-state index is -0.218. The Hall–Kier alpha value is -0.900. The zero-order chi connectivity index (χ0) is 11.0. The van der Waals surface area contributed by atoms with Gasteiger partial charge in [0.15, 0.2) is 6.29 Å². The molecule has 1 aromatic carbocycles. The number of rotatable bonds is 1. The maximum atomic E-state index is 5.92. The number of hydrogen-bond donors (Lipinski definition) is 0. The van der Waals surface area contributed by atoms with Crippen molar-refractivity contribution in [2.45, 2.75) is 37.9 Å². The summed E-state index contributed by atoms with van der Waals surface area (Å²) in [5, 5.41) is 0. The molecule has 1 unspecified atom stereocenters. The molecule has 0 N–H and O–H groups in total. The van der Waals surface area contributed by atoms with Gasteiger partial charge >= 0.3 is 0 Å². The van der Waals surface area contributed by atoms with E-state index in [1.165, 1.54) is 0 Å². The molecule has 4 atom stereocenters. The van der Waals surface area contributed by atoms with E-state index in [9.17, 15) is 0 Å². The molecule has 0 aliphatic carbocycles. The van der Waals surface area contributed by atoms with Crippen molar-refractivity contribution in [3.05, 3.63) is 35.9 Å². The van der Waals surface area contributed by atoms with Crippen LogP contribution in [0.5, 0.6) is 0 Å². The van der Waals surface area contributed by atoms with Crippen LogP contribution in [0.25, 0.3) is 0 Å². The van der Waals surface area contributed by atoms with Gasteiger partial charge in [-0.15, -0.1) is 0 Å². The predicted molar refractivity (Wildman–Crippen MR) is 59.0 cm³/mol. The van der Waals surface area contributed by atoms with Gasteiger partial charge in [-0.2, -0.15) is 0 Å². The highest BCUT2D eigenvalue weighted by Crippen LogP contribution is 2.35. The molecule has 3 nitrogen and oxygen atoms in total. The minimum Gasteiger partial charge on any atom is -0.376 e. The Bertz CT molecular complexity index is 351. The smallest absolute Gasteiger partial charge is 0.184 e. The van der Waals surface area contributed by atoms with Crippen LogP contribution in [0.1, 0.15) is 25.2 Å². The fourth-order valence-electron chi connectivity index (χ4n) is 2.30. The van der Waals surface area contributed by atoms with Crippen LogP contribution in [0.3, 0.4) is 0 Å². The Morgan fingerprint density at radius 3 is 2.62 bits per heavy atom. The average Bonchev–Trinajstić information content (AvgIpc) is 2.73. The van der Waals surface area contributed by atoms with Crippen LogP contribution in [0.4, 0.5) is 0 Å². The molecule has 0 amide bonds. The first kappa shape index (κ1) is 10.3. The maximum Gasteiger partial charge on any atom is 0.184 e. The molecular weight excluding hydrogens is 204 g/mol. The lowest BCUT2D eigenvalue weighted by atomic mass is 10.1. The van der Waals surface area contributed by atoms with Crippen LogP contribution in [-0.2, 0) is 14.2 Å². The van der Waals surface area contributed by atoms with Crippen LogP contribution in [0.15, 0.2) is 30.3 Å². The number of ether oxygens (including phenoxy) is 3. The van der Waals surface area contributed by atoms with E-state index < -0.39 is 0 Å². The highest BCUT2D eigenvalue weighted by Gasteiger charge is 2.40. The Morgan fingerprint density at radius 2 is 1.81 bits per heavy atom. The van der Waals surface area contributed by atoms with Gasteiger partial charge in [0.1, 0.15) is 6.10 Å². The van der Waals surface area contributed by atoms with Crippen LogP contribution >= 0.6 is 0 Å². The van der Waals surface area contributed by atoms with Crippen LogP contribution in [0.2, 0.25) is 0 Å². The van der Waals surface area contributed by atoms with Crippen molar-refractivity contribution >= 4 is 0 Å². The minimum absolute atomic E-state index is 0.0985. The third kappa shape index (κ3) is 1.86. The zero-order valence-electron chi connectivity index (χ0n) is 9.34. The number of fused-ring (bicyclic) bond motifs is 1. The second-order valence-electron chi connectivity index (χ2n) is 4.47. The Kier molecular flexibility index (Phi) is 2.67. The van der Waals surface area contributed by atoms with E-state index in [1.807, 2.05) is 30.3 Å². The molecule has 0 spiro atoms. The van der Waals surface area contributed by atoms with Crippen LogP contribution < -0.4 is 0 Å². The van der Waals surface area contributed by atoms with Gasteiger partial charge in [-0.05, 0) is 6.92 Å². The van der Waals surface area contributed by atoms with Crippen molar-refractivity contribution in [3.63, 3.8) is 0 Å².